The molecule has 0 aliphatic carbocycles. The molecular weight excluding hydrogens is 242 g/mol. The van der Waals surface area contributed by atoms with E-state index in [1.807, 2.05) is 11.8 Å². The van der Waals surface area contributed by atoms with Crippen LogP contribution in [0.4, 0.5) is 0 Å². The molecular formula is C14H27N3S. The summed E-state index contributed by atoms with van der Waals surface area (Å²) in [4.78, 5) is 7.35. The van der Waals surface area contributed by atoms with Gasteiger partial charge in [0.15, 0.2) is 5.17 Å². The smallest absolute Gasteiger partial charge is 0.157 e. The van der Waals surface area contributed by atoms with Crippen LogP contribution in [-0.2, 0) is 0 Å². The van der Waals surface area contributed by atoms with Crippen molar-refractivity contribution in [1.29, 1.82) is 0 Å². The zero-order valence-electron chi connectivity index (χ0n) is 12.0. The third-order valence-electron chi connectivity index (χ3n) is 3.56. The Morgan fingerprint density at radius 1 is 1.33 bits per heavy atom. The highest BCUT2D eigenvalue weighted by atomic mass is 32.2. The minimum atomic E-state index is 0.521. The third-order valence-corrected chi connectivity index (χ3v) is 4.60. The molecule has 2 rings (SSSR count). The van der Waals surface area contributed by atoms with Crippen molar-refractivity contribution in [2.24, 2.45) is 10.9 Å². The predicted octanol–water partition coefficient (Wildman–Crippen LogP) is 2.58. The summed E-state index contributed by atoms with van der Waals surface area (Å²) in [7, 11) is 0. The van der Waals surface area contributed by atoms with E-state index in [9.17, 15) is 0 Å². The van der Waals surface area contributed by atoms with Crippen LogP contribution in [-0.4, -0.2) is 47.5 Å². The van der Waals surface area contributed by atoms with Gasteiger partial charge in [0.2, 0.25) is 0 Å². The molecule has 0 aromatic heterocycles. The molecule has 104 valence electrons. The van der Waals surface area contributed by atoms with Crippen LogP contribution in [0, 0.1) is 5.92 Å². The van der Waals surface area contributed by atoms with Crippen molar-refractivity contribution in [3.63, 3.8) is 0 Å². The monoisotopic (exact) mass is 269 g/mol. The van der Waals surface area contributed by atoms with Crippen LogP contribution < -0.4 is 5.32 Å². The summed E-state index contributed by atoms with van der Waals surface area (Å²) in [6.07, 6.45) is 3.97. The second-order valence-electron chi connectivity index (χ2n) is 6.08. The summed E-state index contributed by atoms with van der Waals surface area (Å²) < 4.78 is 0. The first kappa shape index (κ1) is 14.2. The van der Waals surface area contributed by atoms with Crippen LogP contribution in [0.2, 0.25) is 0 Å². The molecule has 0 spiro atoms. The summed E-state index contributed by atoms with van der Waals surface area (Å²) >= 11 is 1.90. The fraction of sp³-hybridized carbons (Fsp3) is 0.929. The van der Waals surface area contributed by atoms with Crippen LogP contribution in [0.5, 0.6) is 0 Å². The SMILES string of the molecule is CC(C)CC1CSC(NC(C)CN2CCCC2)=N1. The highest BCUT2D eigenvalue weighted by Gasteiger charge is 2.21. The van der Waals surface area contributed by atoms with Gasteiger partial charge in [-0.1, -0.05) is 25.6 Å². The van der Waals surface area contributed by atoms with Gasteiger partial charge in [0.25, 0.3) is 0 Å². The van der Waals surface area contributed by atoms with E-state index in [2.05, 4.69) is 31.0 Å². The first-order valence-corrected chi connectivity index (χ1v) is 8.31. The average molecular weight is 269 g/mol. The van der Waals surface area contributed by atoms with Crippen molar-refractivity contribution < 1.29 is 0 Å². The van der Waals surface area contributed by atoms with Crippen LogP contribution in [0.25, 0.3) is 0 Å². The lowest BCUT2D eigenvalue weighted by molar-refractivity contribution is 0.312. The van der Waals surface area contributed by atoms with Gasteiger partial charge in [-0.2, -0.15) is 0 Å². The number of nitrogens with one attached hydrogen (secondary N) is 1. The first-order valence-electron chi connectivity index (χ1n) is 7.33. The fourth-order valence-electron chi connectivity index (χ4n) is 2.77. The van der Waals surface area contributed by atoms with E-state index in [0.29, 0.717) is 12.1 Å². The molecule has 3 nitrogen and oxygen atoms in total. The number of aliphatic imine (C=N–C) groups is 1. The van der Waals surface area contributed by atoms with E-state index in [0.717, 1.165) is 18.2 Å². The number of hydrogen-bond donors (Lipinski definition) is 1. The summed E-state index contributed by atoms with van der Waals surface area (Å²) in [5, 5.41) is 4.75. The molecule has 4 heteroatoms. The fourth-order valence-corrected chi connectivity index (χ4v) is 3.84. The second kappa shape index (κ2) is 6.80. The number of thioether (sulfide) groups is 1. The maximum absolute atomic E-state index is 4.79. The largest absolute Gasteiger partial charge is 0.361 e. The molecule has 0 aromatic rings. The number of nitrogens with zero attached hydrogens (tertiary/aromatic N) is 2. The number of hydrogen-bond acceptors (Lipinski definition) is 4. The zero-order chi connectivity index (χ0) is 13.0. The van der Waals surface area contributed by atoms with Gasteiger partial charge in [-0.3, -0.25) is 4.99 Å². The van der Waals surface area contributed by atoms with Gasteiger partial charge in [-0.05, 0) is 45.2 Å². The highest BCUT2D eigenvalue weighted by molar-refractivity contribution is 8.14. The normalized spacial score (nSPS) is 26.7. The molecule has 1 saturated heterocycles. The lowest BCUT2D eigenvalue weighted by Gasteiger charge is -2.21. The molecule has 2 unspecified atom stereocenters. The lowest BCUT2D eigenvalue weighted by atomic mass is 10.1. The molecule has 0 radical (unpaired) electrons. The summed E-state index contributed by atoms with van der Waals surface area (Å²) in [6, 6.07) is 1.06. The van der Waals surface area contributed by atoms with Crippen molar-refractivity contribution in [3.05, 3.63) is 0 Å². The van der Waals surface area contributed by atoms with Crippen molar-refractivity contribution in [1.82, 2.24) is 10.2 Å². The average Bonchev–Trinajstić information content (AvgIpc) is 2.89. The van der Waals surface area contributed by atoms with Crippen LogP contribution in [0.3, 0.4) is 0 Å². The molecule has 2 aliphatic rings. The van der Waals surface area contributed by atoms with Gasteiger partial charge >= 0.3 is 0 Å². The molecule has 0 bridgehead atoms. The Bertz CT molecular complexity index is 285. The van der Waals surface area contributed by atoms with E-state index in [-0.39, 0.29) is 0 Å². The molecule has 2 aliphatic heterocycles. The van der Waals surface area contributed by atoms with Gasteiger partial charge in [0.05, 0.1) is 6.04 Å². The van der Waals surface area contributed by atoms with Crippen LogP contribution >= 0.6 is 11.8 Å². The Labute approximate surface area is 116 Å². The van der Waals surface area contributed by atoms with E-state index in [1.165, 1.54) is 37.5 Å². The van der Waals surface area contributed by atoms with Crippen molar-refractivity contribution >= 4 is 16.9 Å². The molecule has 18 heavy (non-hydrogen) atoms. The Balaban J connectivity index is 1.72. The van der Waals surface area contributed by atoms with Gasteiger partial charge in [-0.15, -0.1) is 0 Å². The molecule has 2 heterocycles. The van der Waals surface area contributed by atoms with Gasteiger partial charge in [0, 0.05) is 18.3 Å². The van der Waals surface area contributed by atoms with Gasteiger partial charge in [-0.25, -0.2) is 0 Å². The van der Waals surface area contributed by atoms with E-state index in [4.69, 9.17) is 4.99 Å². The van der Waals surface area contributed by atoms with E-state index < -0.39 is 0 Å². The number of likely N-dealkylation sites (tertiary alicyclic amines) is 1. The summed E-state index contributed by atoms with van der Waals surface area (Å²) in [5.74, 6) is 1.91. The highest BCUT2D eigenvalue weighted by Crippen LogP contribution is 2.22. The molecule has 0 aromatic carbocycles. The Hall–Kier alpha value is -0.220. The van der Waals surface area contributed by atoms with Gasteiger partial charge in [0.1, 0.15) is 0 Å². The molecule has 1 fully saturated rings. The maximum Gasteiger partial charge on any atom is 0.157 e. The van der Waals surface area contributed by atoms with E-state index in [1.54, 1.807) is 0 Å². The zero-order valence-corrected chi connectivity index (χ0v) is 12.8. The van der Waals surface area contributed by atoms with Gasteiger partial charge < -0.3 is 10.2 Å². The maximum atomic E-state index is 4.79. The minimum Gasteiger partial charge on any atom is -0.361 e. The second-order valence-corrected chi connectivity index (χ2v) is 7.09. The van der Waals surface area contributed by atoms with Crippen LogP contribution in [0.15, 0.2) is 4.99 Å². The van der Waals surface area contributed by atoms with Crippen LogP contribution in [0.1, 0.15) is 40.0 Å². The van der Waals surface area contributed by atoms with E-state index >= 15 is 0 Å². The van der Waals surface area contributed by atoms with Crippen molar-refractivity contribution in [2.45, 2.75) is 52.1 Å². The topological polar surface area (TPSA) is 27.6 Å². The summed E-state index contributed by atoms with van der Waals surface area (Å²) in [6.45, 7) is 10.6. The molecule has 0 amide bonds. The molecule has 1 N–H and O–H groups in total. The number of rotatable bonds is 5. The molecule has 0 saturated carbocycles. The minimum absolute atomic E-state index is 0.521. The number of amidine groups is 1. The molecule has 2 atom stereocenters. The Morgan fingerprint density at radius 3 is 2.72 bits per heavy atom. The Kier molecular flexibility index (Phi) is 5.37. The predicted molar refractivity (Wildman–Crippen MR) is 81.4 cm³/mol. The van der Waals surface area contributed by atoms with Crippen molar-refractivity contribution in [2.75, 3.05) is 25.4 Å². The van der Waals surface area contributed by atoms with Crippen molar-refractivity contribution in [3.8, 4) is 0 Å². The lowest BCUT2D eigenvalue weighted by Crippen LogP contribution is -2.39. The third kappa shape index (κ3) is 4.47. The quantitative estimate of drug-likeness (QED) is 0.831. The first-order chi connectivity index (χ1) is 8.63. The Morgan fingerprint density at radius 2 is 2.06 bits per heavy atom. The standard InChI is InChI=1S/C14H27N3S/c1-11(2)8-13-10-18-14(16-13)15-12(3)9-17-6-4-5-7-17/h11-13H,4-10H2,1-3H3,(H,15,16). The summed E-state index contributed by atoms with van der Waals surface area (Å²) in [5.41, 5.74) is 0.